The van der Waals surface area contributed by atoms with E-state index in [1.807, 2.05) is 13.8 Å². The first-order valence-electron chi connectivity index (χ1n) is 5.05. The Bertz CT molecular complexity index is 261. The average Bonchev–Trinajstić information content (AvgIpc) is 2.28. The highest BCUT2D eigenvalue weighted by Gasteiger charge is 2.35. The fourth-order valence-corrected chi connectivity index (χ4v) is 2.27. The second kappa shape index (κ2) is 5.03. The number of thioether (sulfide) groups is 1. The van der Waals surface area contributed by atoms with E-state index in [1.54, 1.807) is 18.7 Å². The van der Waals surface area contributed by atoms with E-state index >= 15 is 0 Å². The molecule has 86 valence electrons. The molecule has 0 amide bonds. The van der Waals surface area contributed by atoms with Crippen LogP contribution < -0.4 is 0 Å². The van der Waals surface area contributed by atoms with Crippen molar-refractivity contribution in [1.82, 2.24) is 0 Å². The first-order chi connectivity index (χ1) is 6.93. The van der Waals surface area contributed by atoms with Gasteiger partial charge in [0.2, 0.25) is 6.29 Å². The summed E-state index contributed by atoms with van der Waals surface area (Å²) in [5.74, 6) is 0.657. The predicted molar refractivity (Wildman–Crippen MR) is 61.8 cm³/mol. The molecule has 1 aliphatic heterocycles. The fourth-order valence-electron chi connectivity index (χ4n) is 1.23. The lowest BCUT2D eigenvalue weighted by Crippen LogP contribution is -2.38. The molecule has 1 unspecified atom stereocenters. The van der Waals surface area contributed by atoms with E-state index < -0.39 is 6.29 Å². The maximum absolute atomic E-state index is 11.4. The Labute approximate surface area is 95.2 Å². The molecular weight excluding hydrogens is 212 g/mol. The summed E-state index contributed by atoms with van der Waals surface area (Å²) in [6.45, 7) is 9.89. The van der Waals surface area contributed by atoms with Crippen LogP contribution in [0.2, 0.25) is 0 Å². The van der Waals surface area contributed by atoms with E-state index in [9.17, 15) is 4.79 Å². The van der Waals surface area contributed by atoms with Crippen molar-refractivity contribution in [3.05, 3.63) is 12.2 Å². The lowest BCUT2D eigenvalue weighted by molar-refractivity contribution is -0.179. The summed E-state index contributed by atoms with van der Waals surface area (Å²) >= 11 is 1.77. The third-order valence-electron chi connectivity index (χ3n) is 2.16. The van der Waals surface area contributed by atoms with Gasteiger partial charge in [0.1, 0.15) is 0 Å². The molecule has 0 aromatic carbocycles. The largest absolute Gasteiger partial charge is 0.431 e. The van der Waals surface area contributed by atoms with Crippen LogP contribution in [0.25, 0.3) is 0 Å². The van der Waals surface area contributed by atoms with Gasteiger partial charge >= 0.3 is 5.97 Å². The van der Waals surface area contributed by atoms with Crippen LogP contribution in [-0.2, 0) is 14.3 Å². The molecule has 0 N–H and O–H groups in total. The van der Waals surface area contributed by atoms with Gasteiger partial charge in [-0.2, -0.15) is 0 Å². The normalized spacial score (nSPS) is 25.4. The molecule has 15 heavy (non-hydrogen) atoms. The summed E-state index contributed by atoms with van der Waals surface area (Å²) in [6.07, 6.45) is 0.518. The monoisotopic (exact) mass is 230 g/mol. The van der Waals surface area contributed by atoms with Gasteiger partial charge in [0.05, 0.1) is 11.4 Å². The molecule has 0 bridgehead atoms. The molecule has 0 spiro atoms. The minimum Gasteiger partial charge on any atom is -0.431 e. The van der Waals surface area contributed by atoms with E-state index in [-0.39, 0.29) is 10.7 Å². The summed E-state index contributed by atoms with van der Waals surface area (Å²) in [4.78, 5) is 11.4. The third kappa shape index (κ3) is 3.54. The maximum atomic E-state index is 11.4. The first-order valence-corrected chi connectivity index (χ1v) is 6.04. The van der Waals surface area contributed by atoms with Crippen LogP contribution in [0.5, 0.6) is 0 Å². The number of hydrogen-bond donors (Lipinski definition) is 0. The van der Waals surface area contributed by atoms with Gasteiger partial charge in [0.25, 0.3) is 0 Å². The molecule has 0 aliphatic carbocycles. The molecule has 3 nitrogen and oxygen atoms in total. The van der Waals surface area contributed by atoms with E-state index in [0.29, 0.717) is 12.2 Å². The molecule has 1 heterocycles. The van der Waals surface area contributed by atoms with Crippen LogP contribution >= 0.6 is 11.8 Å². The molecule has 1 fully saturated rings. The van der Waals surface area contributed by atoms with Gasteiger partial charge in [-0.3, -0.25) is 0 Å². The topological polar surface area (TPSA) is 35.5 Å². The number of ether oxygens (including phenoxy) is 2. The molecule has 1 atom stereocenters. The highest BCUT2D eigenvalue weighted by Crippen LogP contribution is 2.34. The smallest absolute Gasteiger partial charge is 0.335 e. The van der Waals surface area contributed by atoms with E-state index in [1.165, 1.54) is 0 Å². The van der Waals surface area contributed by atoms with Crippen molar-refractivity contribution in [1.29, 1.82) is 0 Å². The summed E-state index contributed by atoms with van der Waals surface area (Å²) in [6, 6.07) is 0. The predicted octanol–water partition coefficient (Wildman–Crippen LogP) is 2.36. The van der Waals surface area contributed by atoms with Gasteiger partial charge in [-0.25, -0.2) is 4.79 Å². The Hall–Kier alpha value is -0.480. The van der Waals surface area contributed by atoms with Crippen molar-refractivity contribution in [3.63, 3.8) is 0 Å². The summed E-state index contributed by atoms with van der Waals surface area (Å²) in [5, 5.41) is 0. The van der Waals surface area contributed by atoms with Crippen molar-refractivity contribution in [2.45, 2.75) is 38.2 Å². The van der Waals surface area contributed by atoms with Gasteiger partial charge in [-0.15, -0.1) is 11.8 Å². The van der Waals surface area contributed by atoms with E-state index in [4.69, 9.17) is 9.47 Å². The Morgan fingerprint density at radius 3 is 2.87 bits per heavy atom. The van der Waals surface area contributed by atoms with Crippen LogP contribution in [0.15, 0.2) is 12.2 Å². The highest BCUT2D eigenvalue weighted by molar-refractivity contribution is 8.00. The second-order valence-corrected chi connectivity index (χ2v) is 5.94. The zero-order valence-electron chi connectivity index (χ0n) is 9.54. The van der Waals surface area contributed by atoms with Gasteiger partial charge < -0.3 is 9.47 Å². The SMILES string of the molecule is C=C(C)C(=O)OC1OCCCSC1(C)C. The summed E-state index contributed by atoms with van der Waals surface area (Å²) in [7, 11) is 0. The second-order valence-electron chi connectivity index (χ2n) is 4.19. The Kier molecular flexibility index (Phi) is 4.22. The molecule has 0 radical (unpaired) electrons. The van der Waals surface area contributed by atoms with Crippen LogP contribution in [0.4, 0.5) is 0 Å². The van der Waals surface area contributed by atoms with Gasteiger partial charge in [-0.05, 0) is 32.9 Å². The molecular formula is C11H18O3S. The summed E-state index contributed by atoms with van der Waals surface area (Å²) < 4.78 is 10.6. The Morgan fingerprint density at radius 1 is 1.60 bits per heavy atom. The van der Waals surface area contributed by atoms with Crippen LogP contribution in [-0.4, -0.2) is 29.4 Å². The van der Waals surface area contributed by atoms with Crippen molar-refractivity contribution in [3.8, 4) is 0 Å². The molecule has 1 rings (SSSR count). The quantitative estimate of drug-likeness (QED) is 0.539. The van der Waals surface area contributed by atoms with E-state index in [0.717, 1.165) is 12.2 Å². The lowest BCUT2D eigenvalue weighted by atomic mass is 10.2. The van der Waals surface area contributed by atoms with Crippen LogP contribution in [0, 0.1) is 0 Å². The molecule has 1 saturated heterocycles. The Morgan fingerprint density at radius 2 is 2.27 bits per heavy atom. The standard InChI is InChI=1S/C11H18O3S/c1-8(2)9(12)14-10-11(3,4)15-7-5-6-13-10/h10H,1,5-7H2,2-4H3. The third-order valence-corrected chi connectivity index (χ3v) is 3.59. The van der Waals surface area contributed by atoms with Crippen molar-refractivity contribution in [2.24, 2.45) is 0 Å². The number of hydrogen-bond acceptors (Lipinski definition) is 4. The zero-order chi connectivity index (χ0) is 11.5. The van der Waals surface area contributed by atoms with Crippen LogP contribution in [0.3, 0.4) is 0 Å². The van der Waals surface area contributed by atoms with Gasteiger partial charge in [0, 0.05) is 5.57 Å². The number of carbonyl (C=O) groups is 1. The summed E-state index contributed by atoms with van der Waals surface area (Å²) in [5.41, 5.74) is 0.406. The minimum atomic E-state index is -0.478. The van der Waals surface area contributed by atoms with Crippen molar-refractivity contribution < 1.29 is 14.3 Å². The highest BCUT2D eigenvalue weighted by atomic mass is 32.2. The maximum Gasteiger partial charge on any atom is 0.335 e. The minimum absolute atomic E-state index is 0.193. The zero-order valence-corrected chi connectivity index (χ0v) is 10.4. The fraction of sp³-hybridized carbons (Fsp3) is 0.727. The molecule has 0 aromatic rings. The van der Waals surface area contributed by atoms with Gasteiger partial charge in [0.15, 0.2) is 0 Å². The van der Waals surface area contributed by atoms with E-state index in [2.05, 4.69) is 6.58 Å². The van der Waals surface area contributed by atoms with Gasteiger partial charge in [-0.1, -0.05) is 6.58 Å². The first kappa shape index (κ1) is 12.6. The number of esters is 1. The molecule has 1 aliphatic rings. The number of carbonyl (C=O) groups excluding carboxylic acids is 1. The average molecular weight is 230 g/mol. The van der Waals surface area contributed by atoms with Crippen LogP contribution in [0.1, 0.15) is 27.2 Å². The van der Waals surface area contributed by atoms with Crippen molar-refractivity contribution in [2.75, 3.05) is 12.4 Å². The number of rotatable bonds is 2. The molecule has 4 heteroatoms. The molecule has 0 saturated carbocycles. The molecule has 0 aromatic heterocycles. The lowest BCUT2D eigenvalue weighted by Gasteiger charge is -2.30. The Balaban J connectivity index is 2.64. The van der Waals surface area contributed by atoms with Crippen molar-refractivity contribution >= 4 is 17.7 Å².